The van der Waals surface area contributed by atoms with Crippen LogP contribution in [0.25, 0.3) is 0 Å². The second-order valence-electron chi connectivity index (χ2n) is 7.98. The predicted molar refractivity (Wildman–Crippen MR) is 97.1 cm³/mol. The molecule has 2 aliphatic rings. The van der Waals surface area contributed by atoms with Gasteiger partial charge in [0.1, 0.15) is 5.82 Å². The van der Waals surface area contributed by atoms with Gasteiger partial charge in [0.05, 0.1) is 5.41 Å². The van der Waals surface area contributed by atoms with E-state index in [0.717, 1.165) is 50.8 Å². The minimum Gasteiger partial charge on any atom is -0.481 e. The maximum Gasteiger partial charge on any atom is 0.310 e. The first-order valence-corrected chi connectivity index (χ1v) is 9.27. The second kappa shape index (κ2) is 7.28. The topological polar surface area (TPSA) is 40.5 Å². The van der Waals surface area contributed by atoms with Gasteiger partial charge in [0.25, 0.3) is 0 Å². The van der Waals surface area contributed by atoms with Gasteiger partial charge in [0, 0.05) is 6.04 Å². The second-order valence-corrected chi connectivity index (χ2v) is 7.98. The van der Waals surface area contributed by atoms with Crippen LogP contribution < -0.4 is 0 Å². The van der Waals surface area contributed by atoms with E-state index in [1.807, 2.05) is 19.1 Å². The summed E-state index contributed by atoms with van der Waals surface area (Å²) < 4.78 is 13.1. The van der Waals surface area contributed by atoms with Crippen LogP contribution in [0.1, 0.15) is 56.9 Å². The molecule has 1 N–H and O–H groups in total. The molecule has 0 aromatic heterocycles. The van der Waals surface area contributed by atoms with Gasteiger partial charge >= 0.3 is 5.97 Å². The summed E-state index contributed by atoms with van der Waals surface area (Å²) in [6.45, 7) is 7.84. The van der Waals surface area contributed by atoms with Crippen LogP contribution in [0.2, 0.25) is 0 Å². The number of carbonyl (C=O) groups is 1. The molecule has 4 heteroatoms. The Labute approximate surface area is 149 Å². The lowest BCUT2D eigenvalue weighted by molar-refractivity contribution is -0.148. The summed E-state index contributed by atoms with van der Waals surface area (Å²) in [5.74, 6) is -0.369. The fourth-order valence-corrected chi connectivity index (χ4v) is 4.75. The third kappa shape index (κ3) is 3.95. The van der Waals surface area contributed by atoms with E-state index in [-0.39, 0.29) is 5.82 Å². The molecule has 0 spiro atoms. The van der Waals surface area contributed by atoms with Crippen molar-refractivity contribution in [2.45, 2.75) is 57.4 Å². The molecule has 1 saturated heterocycles. The van der Waals surface area contributed by atoms with E-state index in [1.54, 1.807) is 0 Å². The Bertz CT molecular complexity index is 634. The fourth-order valence-electron chi connectivity index (χ4n) is 4.75. The average Bonchev–Trinajstić information content (AvgIpc) is 3.00. The standard InChI is InChI=1S/C21H28FNO2/c1-15(2)13-21(20(24)25)10-7-19(14-21)23-11-8-17(9-12-23)16-3-5-18(22)6-4-16/h3-6,17,19H,1,7-14H2,2H3,(H,24,25)/t19-,21?/m1/s1. The van der Waals surface area contributed by atoms with Gasteiger partial charge in [0.2, 0.25) is 0 Å². The van der Waals surface area contributed by atoms with E-state index in [1.165, 1.54) is 17.7 Å². The summed E-state index contributed by atoms with van der Waals surface area (Å²) in [5.41, 5.74) is 1.55. The van der Waals surface area contributed by atoms with Crippen molar-refractivity contribution in [2.75, 3.05) is 13.1 Å². The molecule has 25 heavy (non-hydrogen) atoms. The largest absolute Gasteiger partial charge is 0.481 e. The van der Waals surface area contributed by atoms with E-state index in [9.17, 15) is 14.3 Å². The molecule has 1 unspecified atom stereocenters. The van der Waals surface area contributed by atoms with Crippen molar-refractivity contribution in [3.05, 3.63) is 47.8 Å². The number of carboxylic acids is 1. The molecule has 1 aromatic rings. The van der Waals surface area contributed by atoms with Crippen LogP contribution in [-0.4, -0.2) is 35.1 Å². The Morgan fingerprint density at radius 3 is 2.48 bits per heavy atom. The van der Waals surface area contributed by atoms with E-state index in [4.69, 9.17) is 0 Å². The van der Waals surface area contributed by atoms with E-state index >= 15 is 0 Å². The van der Waals surface area contributed by atoms with Crippen LogP contribution in [0.3, 0.4) is 0 Å². The lowest BCUT2D eigenvalue weighted by atomic mass is 9.80. The highest BCUT2D eigenvalue weighted by atomic mass is 19.1. The molecule has 2 atom stereocenters. The van der Waals surface area contributed by atoms with Gasteiger partial charge in [-0.05, 0) is 82.2 Å². The van der Waals surface area contributed by atoms with Crippen molar-refractivity contribution in [3.8, 4) is 0 Å². The molecule has 1 aliphatic heterocycles. The highest BCUT2D eigenvalue weighted by Crippen LogP contribution is 2.46. The van der Waals surface area contributed by atoms with Crippen LogP contribution >= 0.6 is 0 Å². The summed E-state index contributed by atoms with van der Waals surface area (Å²) in [5, 5.41) is 9.75. The molecule has 0 radical (unpaired) electrons. The molecule has 1 heterocycles. The Morgan fingerprint density at radius 2 is 1.92 bits per heavy atom. The van der Waals surface area contributed by atoms with Gasteiger partial charge in [-0.15, -0.1) is 6.58 Å². The lowest BCUT2D eigenvalue weighted by Crippen LogP contribution is -2.41. The van der Waals surface area contributed by atoms with Crippen LogP contribution in [-0.2, 0) is 4.79 Å². The Morgan fingerprint density at radius 1 is 1.28 bits per heavy atom. The van der Waals surface area contributed by atoms with Crippen LogP contribution in [0.4, 0.5) is 4.39 Å². The summed E-state index contributed by atoms with van der Waals surface area (Å²) in [6.07, 6.45) is 5.14. The van der Waals surface area contributed by atoms with Crippen molar-refractivity contribution in [3.63, 3.8) is 0 Å². The SMILES string of the molecule is C=C(C)CC1(C(=O)O)CC[C@@H](N2CCC(c3ccc(F)cc3)CC2)C1. The van der Waals surface area contributed by atoms with Gasteiger partial charge in [-0.3, -0.25) is 4.79 Å². The Balaban J connectivity index is 1.59. The van der Waals surface area contributed by atoms with Crippen molar-refractivity contribution in [1.82, 2.24) is 4.90 Å². The van der Waals surface area contributed by atoms with Crippen molar-refractivity contribution < 1.29 is 14.3 Å². The highest BCUT2D eigenvalue weighted by molar-refractivity contribution is 5.75. The first kappa shape index (κ1) is 18.1. The van der Waals surface area contributed by atoms with E-state index in [0.29, 0.717) is 18.4 Å². The van der Waals surface area contributed by atoms with Crippen LogP contribution in [0.5, 0.6) is 0 Å². The summed E-state index contributed by atoms with van der Waals surface area (Å²) >= 11 is 0. The first-order valence-electron chi connectivity index (χ1n) is 9.27. The van der Waals surface area contributed by atoms with Gasteiger partial charge in [-0.1, -0.05) is 17.7 Å². The highest BCUT2D eigenvalue weighted by Gasteiger charge is 2.47. The number of benzene rings is 1. The predicted octanol–water partition coefficient (Wildman–Crippen LogP) is 4.59. The Kier molecular flexibility index (Phi) is 5.28. The number of allylic oxidation sites excluding steroid dienone is 1. The summed E-state index contributed by atoms with van der Waals surface area (Å²) in [6, 6.07) is 7.24. The number of aliphatic carboxylic acids is 1. The molecule has 0 amide bonds. The number of piperidine rings is 1. The number of halogens is 1. The zero-order chi connectivity index (χ0) is 18.0. The lowest BCUT2D eigenvalue weighted by Gasteiger charge is -2.37. The number of hydrogen-bond donors (Lipinski definition) is 1. The number of likely N-dealkylation sites (tertiary alicyclic amines) is 1. The minimum absolute atomic E-state index is 0.185. The molecular weight excluding hydrogens is 317 g/mol. The van der Waals surface area contributed by atoms with Gasteiger partial charge < -0.3 is 10.0 Å². The molecular formula is C21H28FNO2. The van der Waals surface area contributed by atoms with Crippen molar-refractivity contribution >= 4 is 5.97 Å². The molecule has 1 aromatic carbocycles. The monoisotopic (exact) mass is 345 g/mol. The average molecular weight is 345 g/mol. The van der Waals surface area contributed by atoms with Gasteiger partial charge in [-0.2, -0.15) is 0 Å². The Hall–Kier alpha value is -1.68. The smallest absolute Gasteiger partial charge is 0.310 e. The quantitative estimate of drug-likeness (QED) is 0.793. The molecule has 136 valence electrons. The zero-order valence-corrected chi connectivity index (χ0v) is 15.0. The van der Waals surface area contributed by atoms with Crippen LogP contribution in [0.15, 0.2) is 36.4 Å². The number of nitrogens with zero attached hydrogens (tertiary/aromatic N) is 1. The third-order valence-electron chi connectivity index (χ3n) is 6.06. The van der Waals surface area contributed by atoms with E-state index in [2.05, 4.69) is 11.5 Å². The molecule has 1 aliphatic carbocycles. The van der Waals surface area contributed by atoms with Crippen LogP contribution in [0, 0.1) is 11.2 Å². The first-order chi connectivity index (χ1) is 11.9. The maximum atomic E-state index is 13.1. The minimum atomic E-state index is -0.667. The molecule has 0 bridgehead atoms. The van der Waals surface area contributed by atoms with E-state index < -0.39 is 11.4 Å². The van der Waals surface area contributed by atoms with Crippen molar-refractivity contribution in [2.24, 2.45) is 5.41 Å². The van der Waals surface area contributed by atoms with Crippen molar-refractivity contribution in [1.29, 1.82) is 0 Å². The maximum absolute atomic E-state index is 13.1. The van der Waals surface area contributed by atoms with Gasteiger partial charge in [-0.25, -0.2) is 4.39 Å². The molecule has 3 nitrogen and oxygen atoms in total. The zero-order valence-electron chi connectivity index (χ0n) is 15.0. The molecule has 2 fully saturated rings. The molecule has 1 saturated carbocycles. The van der Waals surface area contributed by atoms with Gasteiger partial charge in [0.15, 0.2) is 0 Å². The fraction of sp³-hybridized carbons (Fsp3) is 0.571. The number of hydrogen-bond acceptors (Lipinski definition) is 2. The summed E-state index contributed by atoms with van der Waals surface area (Å²) in [7, 11) is 0. The normalized spacial score (nSPS) is 28.2. The summed E-state index contributed by atoms with van der Waals surface area (Å²) in [4.78, 5) is 14.3. The third-order valence-corrected chi connectivity index (χ3v) is 6.06. The number of carboxylic acid groups (broad SMARTS) is 1. The number of rotatable bonds is 5. The molecule has 3 rings (SSSR count).